The van der Waals surface area contributed by atoms with Crippen LogP contribution in [0.2, 0.25) is 0 Å². The highest BCUT2D eigenvalue weighted by Gasteiger charge is 2.35. The van der Waals surface area contributed by atoms with Crippen molar-refractivity contribution in [2.24, 2.45) is 11.8 Å². The zero-order valence-corrected chi connectivity index (χ0v) is 20.2. The molecule has 9 nitrogen and oxygen atoms in total. The van der Waals surface area contributed by atoms with Crippen molar-refractivity contribution in [2.45, 2.75) is 52.2 Å². The van der Waals surface area contributed by atoms with Gasteiger partial charge in [-0.1, -0.05) is 6.92 Å². The lowest BCUT2D eigenvalue weighted by Gasteiger charge is -2.40. The molecule has 9 heteroatoms. The number of nitrogens with zero attached hydrogens (tertiary/aromatic N) is 5. The molecule has 2 aliphatic rings. The molecule has 2 unspecified atom stereocenters. The number of hydrogen-bond acceptors (Lipinski definition) is 7. The average molecular weight is 465 g/mol. The van der Waals surface area contributed by atoms with Crippen molar-refractivity contribution >= 4 is 28.7 Å². The van der Waals surface area contributed by atoms with Gasteiger partial charge in [-0.05, 0) is 45.2 Å². The van der Waals surface area contributed by atoms with Gasteiger partial charge in [-0.3, -0.25) is 14.8 Å². The molecule has 2 aliphatic heterocycles. The number of aromatic nitrogens is 2. The number of rotatable bonds is 4. The zero-order valence-electron chi connectivity index (χ0n) is 20.2. The van der Waals surface area contributed by atoms with Crippen LogP contribution in [-0.2, 0) is 9.53 Å². The van der Waals surface area contributed by atoms with Gasteiger partial charge in [0.1, 0.15) is 22.7 Å². The Morgan fingerprint density at radius 3 is 2.53 bits per heavy atom. The Bertz CT molecular complexity index is 1120. The van der Waals surface area contributed by atoms with E-state index in [1.54, 1.807) is 23.4 Å². The van der Waals surface area contributed by atoms with E-state index in [0.717, 1.165) is 18.7 Å². The lowest BCUT2D eigenvalue weighted by molar-refractivity contribution is -0.124. The maximum atomic E-state index is 12.7. The van der Waals surface area contributed by atoms with Gasteiger partial charge in [-0.25, -0.2) is 4.79 Å². The molecule has 0 radical (unpaired) electrons. The van der Waals surface area contributed by atoms with E-state index in [4.69, 9.17) is 4.74 Å². The molecular weight excluding hydrogens is 432 g/mol. The normalized spacial score (nSPS) is 21.0. The molecule has 1 aromatic heterocycles. The fraction of sp³-hybridized carbons (Fsp3) is 0.560. The van der Waals surface area contributed by atoms with Crippen LogP contribution < -0.4 is 10.2 Å². The SMILES string of the molecule is CC1CC(NC(=O)CC2CN(C(=O)OC(C)(C)C)C2)CN(c2ccc(C#N)c3nccnc23)C1. The second kappa shape index (κ2) is 9.45. The summed E-state index contributed by atoms with van der Waals surface area (Å²) < 4.78 is 5.38. The molecule has 1 aromatic carbocycles. The quantitative estimate of drug-likeness (QED) is 0.740. The number of nitrogens with one attached hydrogen (secondary N) is 1. The van der Waals surface area contributed by atoms with Gasteiger partial charge in [0.15, 0.2) is 0 Å². The lowest BCUT2D eigenvalue weighted by Crippen LogP contribution is -2.54. The fourth-order valence-corrected chi connectivity index (χ4v) is 4.76. The van der Waals surface area contributed by atoms with Crippen LogP contribution in [0.3, 0.4) is 0 Å². The van der Waals surface area contributed by atoms with E-state index in [9.17, 15) is 14.9 Å². The third-order valence-corrected chi connectivity index (χ3v) is 6.17. The summed E-state index contributed by atoms with van der Waals surface area (Å²) in [5.74, 6) is 0.549. The maximum Gasteiger partial charge on any atom is 0.410 e. The predicted molar refractivity (Wildman–Crippen MR) is 128 cm³/mol. The van der Waals surface area contributed by atoms with Crippen LogP contribution in [0.25, 0.3) is 11.0 Å². The first-order chi connectivity index (χ1) is 16.1. The summed E-state index contributed by atoms with van der Waals surface area (Å²) >= 11 is 0. The van der Waals surface area contributed by atoms with Gasteiger partial charge in [0.25, 0.3) is 0 Å². The fourth-order valence-electron chi connectivity index (χ4n) is 4.76. The van der Waals surface area contributed by atoms with Crippen molar-refractivity contribution in [1.29, 1.82) is 5.26 Å². The molecular formula is C25H32N6O3. The van der Waals surface area contributed by atoms with Crippen molar-refractivity contribution in [3.05, 3.63) is 30.1 Å². The summed E-state index contributed by atoms with van der Waals surface area (Å²) in [5, 5.41) is 12.6. The second-order valence-corrected chi connectivity index (χ2v) is 10.5. The Morgan fingerprint density at radius 2 is 1.85 bits per heavy atom. The molecule has 2 aromatic rings. The number of likely N-dealkylation sites (tertiary alicyclic amines) is 1. The van der Waals surface area contributed by atoms with Crippen LogP contribution in [-0.4, -0.2) is 64.7 Å². The van der Waals surface area contributed by atoms with Crippen molar-refractivity contribution in [2.75, 3.05) is 31.1 Å². The Hall–Kier alpha value is -3.41. The van der Waals surface area contributed by atoms with Crippen LogP contribution in [0, 0.1) is 23.2 Å². The van der Waals surface area contributed by atoms with Gasteiger partial charge in [0.2, 0.25) is 5.91 Å². The highest BCUT2D eigenvalue weighted by Crippen LogP contribution is 2.30. The number of fused-ring (bicyclic) bond motifs is 1. The first-order valence-corrected chi connectivity index (χ1v) is 11.8. The number of piperidine rings is 1. The van der Waals surface area contributed by atoms with Gasteiger partial charge in [-0.2, -0.15) is 5.26 Å². The Morgan fingerprint density at radius 1 is 1.15 bits per heavy atom. The van der Waals surface area contributed by atoms with E-state index >= 15 is 0 Å². The van der Waals surface area contributed by atoms with Crippen molar-refractivity contribution < 1.29 is 14.3 Å². The van der Waals surface area contributed by atoms with E-state index in [1.807, 2.05) is 26.8 Å². The predicted octanol–water partition coefficient (Wildman–Crippen LogP) is 3.09. The minimum Gasteiger partial charge on any atom is -0.444 e. The highest BCUT2D eigenvalue weighted by atomic mass is 16.6. The monoisotopic (exact) mass is 464 g/mol. The number of hydrogen-bond donors (Lipinski definition) is 1. The van der Waals surface area contributed by atoms with E-state index in [1.165, 1.54) is 0 Å². The van der Waals surface area contributed by atoms with E-state index in [2.05, 4.69) is 33.2 Å². The van der Waals surface area contributed by atoms with Gasteiger partial charge in [0.05, 0.1) is 11.3 Å². The Labute approximate surface area is 200 Å². The largest absolute Gasteiger partial charge is 0.444 e. The topological polar surface area (TPSA) is 111 Å². The average Bonchev–Trinajstić information content (AvgIpc) is 2.73. The minimum atomic E-state index is -0.519. The molecule has 0 spiro atoms. The van der Waals surface area contributed by atoms with Crippen molar-refractivity contribution in [3.8, 4) is 6.07 Å². The molecule has 2 saturated heterocycles. The van der Waals surface area contributed by atoms with Crippen molar-refractivity contribution in [1.82, 2.24) is 20.2 Å². The van der Waals surface area contributed by atoms with E-state index < -0.39 is 5.60 Å². The molecule has 0 aliphatic carbocycles. The number of anilines is 1. The number of ether oxygens (including phenoxy) is 1. The molecule has 1 N–H and O–H groups in total. The lowest BCUT2D eigenvalue weighted by atomic mass is 9.93. The van der Waals surface area contributed by atoms with Crippen LogP contribution in [0.15, 0.2) is 24.5 Å². The van der Waals surface area contributed by atoms with Gasteiger partial charge in [0, 0.05) is 57.0 Å². The number of benzene rings is 1. The van der Waals surface area contributed by atoms with Gasteiger partial charge in [-0.15, -0.1) is 0 Å². The summed E-state index contributed by atoms with van der Waals surface area (Å²) in [6.07, 6.45) is 4.21. The zero-order chi connectivity index (χ0) is 24.5. The Balaban J connectivity index is 1.35. The summed E-state index contributed by atoms with van der Waals surface area (Å²) in [6.45, 7) is 10.3. The first-order valence-electron chi connectivity index (χ1n) is 11.8. The smallest absolute Gasteiger partial charge is 0.410 e. The van der Waals surface area contributed by atoms with Gasteiger partial charge >= 0.3 is 6.09 Å². The molecule has 2 atom stereocenters. The summed E-state index contributed by atoms with van der Waals surface area (Å²) in [6, 6.07) is 5.90. The molecule has 2 fully saturated rings. The number of amides is 2. The first kappa shape index (κ1) is 23.7. The van der Waals surface area contributed by atoms with Gasteiger partial charge < -0.3 is 19.9 Å². The molecule has 2 amide bonds. The van der Waals surface area contributed by atoms with Crippen LogP contribution in [0.5, 0.6) is 0 Å². The van der Waals surface area contributed by atoms with E-state index in [0.29, 0.717) is 48.6 Å². The number of nitriles is 1. The summed E-state index contributed by atoms with van der Waals surface area (Å²) in [7, 11) is 0. The standard InChI is InChI=1S/C25H32N6O3/c1-16-9-19(29-21(32)10-17-13-31(14-17)24(33)34-25(2,3)4)15-30(12-16)20-6-5-18(11-26)22-23(20)28-8-7-27-22/h5-8,16-17,19H,9-10,12-15H2,1-4H3,(H,29,32). The van der Waals surface area contributed by atoms with Crippen LogP contribution >= 0.6 is 0 Å². The summed E-state index contributed by atoms with van der Waals surface area (Å²) in [4.78, 5) is 37.6. The summed E-state index contributed by atoms with van der Waals surface area (Å²) in [5.41, 5.74) is 2.22. The molecule has 3 heterocycles. The third-order valence-electron chi connectivity index (χ3n) is 6.17. The van der Waals surface area contributed by atoms with Crippen LogP contribution in [0.1, 0.15) is 46.1 Å². The number of carbonyl (C=O) groups is 2. The molecule has 4 rings (SSSR count). The van der Waals surface area contributed by atoms with Crippen LogP contribution in [0.4, 0.5) is 10.5 Å². The number of carbonyl (C=O) groups excluding carboxylic acids is 2. The van der Waals surface area contributed by atoms with Crippen molar-refractivity contribution in [3.63, 3.8) is 0 Å². The minimum absolute atomic E-state index is 0.0115. The third kappa shape index (κ3) is 5.38. The molecule has 0 bridgehead atoms. The Kier molecular flexibility index (Phi) is 6.60. The maximum absolute atomic E-state index is 12.7. The highest BCUT2D eigenvalue weighted by molar-refractivity contribution is 5.92. The molecule has 34 heavy (non-hydrogen) atoms. The molecule has 0 saturated carbocycles. The van der Waals surface area contributed by atoms with E-state index in [-0.39, 0.29) is 24.0 Å². The second-order valence-electron chi connectivity index (χ2n) is 10.5. The molecule has 180 valence electrons.